The lowest BCUT2D eigenvalue weighted by molar-refractivity contribution is -0.146. The zero-order valence-electron chi connectivity index (χ0n) is 17.1. The molecule has 4 rings (SSSR count). The molecule has 0 spiro atoms. The SMILES string of the molecule is O=C(C[C@@H](NC(=O)c1ccccc1)c1ccccc1)OCN1C(=O)c2ccccc2C1=O. The molecule has 3 amide bonds. The van der Waals surface area contributed by atoms with E-state index in [2.05, 4.69) is 5.32 Å². The summed E-state index contributed by atoms with van der Waals surface area (Å²) in [5, 5.41) is 2.85. The second kappa shape index (κ2) is 9.26. The van der Waals surface area contributed by atoms with E-state index in [1.165, 1.54) is 0 Å². The monoisotopic (exact) mass is 428 g/mol. The first-order valence-corrected chi connectivity index (χ1v) is 10.1. The van der Waals surface area contributed by atoms with Crippen molar-refractivity contribution in [1.82, 2.24) is 10.2 Å². The third-order valence-corrected chi connectivity index (χ3v) is 5.15. The van der Waals surface area contributed by atoms with Crippen LogP contribution in [-0.4, -0.2) is 35.3 Å². The quantitative estimate of drug-likeness (QED) is 0.460. The summed E-state index contributed by atoms with van der Waals surface area (Å²) in [6.45, 7) is -0.487. The summed E-state index contributed by atoms with van der Waals surface area (Å²) < 4.78 is 5.23. The van der Waals surface area contributed by atoms with Gasteiger partial charge >= 0.3 is 5.97 Å². The number of benzene rings is 3. The van der Waals surface area contributed by atoms with E-state index in [4.69, 9.17) is 4.74 Å². The molecule has 1 heterocycles. The molecule has 1 aliphatic rings. The fourth-order valence-electron chi connectivity index (χ4n) is 3.49. The van der Waals surface area contributed by atoms with Gasteiger partial charge in [0.25, 0.3) is 17.7 Å². The Kier molecular flexibility index (Phi) is 6.07. The molecule has 0 aromatic heterocycles. The van der Waals surface area contributed by atoms with E-state index in [0.29, 0.717) is 5.56 Å². The molecule has 0 saturated carbocycles. The number of nitrogens with one attached hydrogen (secondary N) is 1. The van der Waals surface area contributed by atoms with Gasteiger partial charge in [-0.1, -0.05) is 60.7 Å². The molecule has 0 aliphatic carbocycles. The zero-order valence-corrected chi connectivity index (χ0v) is 17.1. The number of imide groups is 1. The molecule has 0 unspecified atom stereocenters. The number of ether oxygens (including phenoxy) is 1. The van der Waals surface area contributed by atoms with E-state index in [0.717, 1.165) is 10.5 Å². The maximum atomic E-state index is 12.6. The molecule has 0 fully saturated rings. The van der Waals surface area contributed by atoms with Crippen LogP contribution in [0.1, 0.15) is 49.1 Å². The van der Waals surface area contributed by atoms with Gasteiger partial charge in [-0.15, -0.1) is 0 Å². The average Bonchev–Trinajstić information content (AvgIpc) is 3.08. The molecular formula is C25H20N2O5. The number of fused-ring (bicyclic) bond motifs is 1. The molecule has 32 heavy (non-hydrogen) atoms. The maximum Gasteiger partial charge on any atom is 0.309 e. The van der Waals surface area contributed by atoms with Crippen molar-refractivity contribution in [3.63, 3.8) is 0 Å². The third kappa shape index (κ3) is 4.41. The lowest BCUT2D eigenvalue weighted by atomic mass is 10.0. The van der Waals surface area contributed by atoms with E-state index in [1.807, 2.05) is 12.1 Å². The van der Waals surface area contributed by atoms with Crippen molar-refractivity contribution in [3.05, 3.63) is 107 Å². The smallest absolute Gasteiger partial charge is 0.309 e. The van der Waals surface area contributed by atoms with Crippen LogP contribution in [0.25, 0.3) is 0 Å². The Labute approximate surface area is 184 Å². The van der Waals surface area contributed by atoms with Crippen LogP contribution in [0.4, 0.5) is 0 Å². The Hall–Kier alpha value is -4.26. The lowest BCUT2D eigenvalue weighted by Gasteiger charge is -2.20. The summed E-state index contributed by atoms with van der Waals surface area (Å²) in [5.41, 5.74) is 1.76. The van der Waals surface area contributed by atoms with Gasteiger partial charge < -0.3 is 10.1 Å². The number of nitrogens with zero attached hydrogens (tertiary/aromatic N) is 1. The minimum Gasteiger partial charge on any atom is -0.444 e. The van der Waals surface area contributed by atoms with Crippen LogP contribution in [0.2, 0.25) is 0 Å². The van der Waals surface area contributed by atoms with Crippen LogP contribution in [-0.2, 0) is 9.53 Å². The van der Waals surface area contributed by atoms with Crippen LogP contribution in [0.5, 0.6) is 0 Å². The summed E-state index contributed by atoms with van der Waals surface area (Å²) in [5.74, 6) is -1.98. The van der Waals surface area contributed by atoms with Gasteiger partial charge in [0.1, 0.15) is 0 Å². The Balaban J connectivity index is 1.42. The summed E-state index contributed by atoms with van der Waals surface area (Å²) in [7, 11) is 0. The molecule has 160 valence electrons. The van der Waals surface area contributed by atoms with Crippen molar-refractivity contribution in [2.45, 2.75) is 12.5 Å². The van der Waals surface area contributed by atoms with Crippen LogP contribution < -0.4 is 5.32 Å². The van der Waals surface area contributed by atoms with Gasteiger partial charge in [0, 0.05) is 5.56 Å². The van der Waals surface area contributed by atoms with Gasteiger partial charge in [-0.3, -0.25) is 19.2 Å². The van der Waals surface area contributed by atoms with Gasteiger partial charge in [0.2, 0.25) is 0 Å². The maximum absolute atomic E-state index is 12.6. The predicted octanol–water partition coefficient (Wildman–Crippen LogP) is 3.34. The van der Waals surface area contributed by atoms with Gasteiger partial charge in [-0.05, 0) is 29.8 Å². The molecule has 7 nitrogen and oxygen atoms in total. The molecule has 0 saturated heterocycles. The van der Waals surface area contributed by atoms with E-state index in [1.54, 1.807) is 72.8 Å². The number of hydrogen-bond donors (Lipinski definition) is 1. The van der Waals surface area contributed by atoms with Crippen LogP contribution in [0.15, 0.2) is 84.9 Å². The average molecular weight is 428 g/mol. The minimum atomic E-state index is -0.649. The molecule has 3 aromatic rings. The fourth-order valence-corrected chi connectivity index (χ4v) is 3.49. The Bertz CT molecular complexity index is 1130. The highest BCUT2D eigenvalue weighted by Gasteiger charge is 2.36. The van der Waals surface area contributed by atoms with Crippen molar-refractivity contribution in [2.24, 2.45) is 0 Å². The van der Waals surface area contributed by atoms with E-state index < -0.39 is 30.6 Å². The Morgan fingerprint density at radius 2 is 1.31 bits per heavy atom. The first kappa shape index (κ1) is 21.0. The summed E-state index contributed by atoms with van der Waals surface area (Å²) in [6.07, 6.45) is -0.161. The zero-order chi connectivity index (χ0) is 22.5. The first-order chi connectivity index (χ1) is 15.5. The number of rotatable bonds is 7. The highest BCUT2D eigenvalue weighted by molar-refractivity contribution is 6.21. The molecule has 0 radical (unpaired) electrons. The van der Waals surface area contributed by atoms with Gasteiger partial charge in [0.15, 0.2) is 6.73 Å². The molecule has 1 atom stereocenters. The molecule has 0 bridgehead atoms. The highest BCUT2D eigenvalue weighted by atomic mass is 16.5. The third-order valence-electron chi connectivity index (χ3n) is 5.15. The normalized spacial score (nSPS) is 13.4. The van der Waals surface area contributed by atoms with Crippen molar-refractivity contribution in [3.8, 4) is 0 Å². The topological polar surface area (TPSA) is 92.8 Å². The highest BCUT2D eigenvalue weighted by Crippen LogP contribution is 2.23. The number of carbonyl (C=O) groups is 4. The molecule has 3 aromatic carbocycles. The Morgan fingerprint density at radius 1 is 0.781 bits per heavy atom. The fraction of sp³-hybridized carbons (Fsp3) is 0.120. The van der Waals surface area contributed by atoms with Crippen molar-refractivity contribution in [1.29, 1.82) is 0 Å². The van der Waals surface area contributed by atoms with Crippen molar-refractivity contribution >= 4 is 23.7 Å². The first-order valence-electron chi connectivity index (χ1n) is 10.1. The number of amides is 3. The minimum absolute atomic E-state index is 0.161. The number of carbonyl (C=O) groups excluding carboxylic acids is 4. The molecule has 1 N–H and O–H groups in total. The second-order valence-electron chi connectivity index (χ2n) is 7.24. The predicted molar refractivity (Wildman–Crippen MR) is 116 cm³/mol. The second-order valence-corrected chi connectivity index (χ2v) is 7.24. The van der Waals surface area contributed by atoms with Gasteiger partial charge in [-0.25, -0.2) is 4.90 Å². The van der Waals surface area contributed by atoms with Gasteiger partial charge in [-0.2, -0.15) is 0 Å². The van der Waals surface area contributed by atoms with Gasteiger partial charge in [0.05, 0.1) is 23.6 Å². The largest absolute Gasteiger partial charge is 0.444 e. The molecule has 7 heteroatoms. The number of hydrogen-bond acceptors (Lipinski definition) is 5. The lowest BCUT2D eigenvalue weighted by Crippen LogP contribution is -2.35. The summed E-state index contributed by atoms with van der Waals surface area (Å²) in [4.78, 5) is 50.9. The molecular weight excluding hydrogens is 408 g/mol. The van der Waals surface area contributed by atoms with Crippen molar-refractivity contribution in [2.75, 3.05) is 6.73 Å². The molecule has 1 aliphatic heterocycles. The number of esters is 1. The van der Waals surface area contributed by atoms with E-state index >= 15 is 0 Å². The Morgan fingerprint density at radius 3 is 1.91 bits per heavy atom. The van der Waals surface area contributed by atoms with E-state index in [-0.39, 0.29) is 23.5 Å². The van der Waals surface area contributed by atoms with E-state index in [9.17, 15) is 19.2 Å². The van der Waals surface area contributed by atoms with Crippen molar-refractivity contribution < 1.29 is 23.9 Å². The van der Waals surface area contributed by atoms with Crippen LogP contribution in [0.3, 0.4) is 0 Å². The standard InChI is InChI=1S/C25H20N2O5/c28-22(32-16-27-24(30)19-13-7-8-14-20(19)25(27)31)15-21(17-9-3-1-4-10-17)26-23(29)18-11-5-2-6-12-18/h1-14,21H,15-16H2,(H,26,29)/t21-/m1/s1. The van der Waals surface area contributed by atoms with Crippen LogP contribution in [0, 0.1) is 0 Å². The summed E-state index contributed by atoms with van der Waals surface area (Å²) in [6, 6.07) is 23.5. The van der Waals surface area contributed by atoms with Crippen LogP contribution >= 0.6 is 0 Å². The summed E-state index contributed by atoms with van der Waals surface area (Å²) >= 11 is 0.